The lowest BCUT2D eigenvalue weighted by Gasteiger charge is -2.07. The van der Waals surface area contributed by atoms with Crippen LogP contribution in [0.15, 0.2) is 49.1 Å². The van der Waals surface area contributed by atoms with Gasteiger partial charge in [-0.15, -0.1) is 6.58 Å². The average molecular weight is 270 g/mol. The molecule has 1 N–H and O–H groups in total. The quantitative estimate of drug-likeness (QED) is 0.489. The number of unbranched alkanes of at least 4 members (excludes halogenated alkanes) is 2. The number of allylic oxidation sites excluding steroid dienone is 1. The maximum absolute atomic E-state index is 11.9. The molecule has 0 radical (unpaired) electrons. The van der Waals surface area contributed by atoms with Gasteiger partial charge in [-0.05, 0) is 42.2 Å². The van der Waals surface area contributed by atoms with Crippen LogP contribution >= 0.6 is 0 Å². The first-order chi connectivity index (χ1) is 9.72. The van der Waals surface area contributed by atoms with Gasteiger partial charge in [0.1, 0.15) is 11.3 Å². The summed E-state index contributed by atoms with van der Waals surface area (Å²) in [5, 5.41) is 11.7. The third kappa shape index (κ3) is 3.38. The van der Waals surface area contributed by atoms with E-state index in [9.17, 15) is 9.90 Å². The second kappa shape index (κ2) is 6.75. The maximum atomic E-state index is 11.9. The number of fused-ring (bicyclic) bond motifs is 1. The molecular formula is C17H18O3. The van der Waals surface area contributed by atoms with E-state index in [-0.39, 0.29) is 11.3 Å². The monoisotopic (exact) mass is 270 g/mol. The minimum absolute atomic E-state index is 0.0419. The smallest absolute Gasteiger partial charge is 0.341 e. The molecule has 0 aliphatic heterocycles. The van der Waals surface area contributed by atoms with Crippen LogP contribution in [0.5, 0.6) is 5.75 Å². The summed E-state index contributed by atoms with van der Waals surface area (Å²) in [5.41, 5.74) is 0.215. The minimum Gasteiger partial charge on any atom is -0.507 e. The molecule has 20 heavy (non-hydrogen) atoms. The van der Waals surface area contributed by atoms with Gasteiger partial charge < -0.3 is 9.84 Å². The Labute approximate surface area is 118 Å². The van der Waals surface area contributed by atoms with E-state index in [0.29, 0.717) is 6.61 Å². The zero-order valence-corrected chi connectivity index (χ0v) is 11.3. The number of carbonyl (C=O) groups is 1. The van der Waals surface area contributed by atoms with Crippen LogP contribution in [0.4, 0.5) is 0 Å². The molecule has 3 nitrogen and oxygen atoms in total. The predicted molar refractivity (Wildman–Crippen MR) is 79.9 cm³/mol. The maximum Gasteiger partial charge on any atom is 0.341 e. The van der Waals surface area contributed by atoms with Crippen LogP contribution in [0.3, 0.4) is 0 Å². The van der Waals surface area contributed by atoms with Crippen molar-refractivity contribution in [3.63, 3.8) is 0 Å². The van der Waals surface area contributed by atoms with Gasteiger partial charge in [-0.2, -0.15) is 0 Å². The van der Waals surface area contributed by atoms with E-state index in [1.807, 2.05) is 30.3 Å². The number of hydrogen-bond donors (Lipinski definition) is 1. The number of hydrogen-bond acceptors (Lipinski definition) is 3. The second-order valence-corrected chi connectivity index (χ2v) is 4.64. The molecule has 0 amide bonds. The molecule has 0 unspecified atom stereocenters. The van der Waals surface area contributed by atoms with E-state index in [0.717, 1.165) is 30.0 Å². The summed E-state index contributed by atoms with van der Waals surface area (Å²) in [4.78, 5) is 11.9. The number of benzene rings is 2. The highest BCUT2D eigenvalue weighted by molar-refractivity contribution is 5.98. The first-order valence-electron chi connectivity index (χ1n) is 6.72. The summed E-state index contributed by atoms with van der Waals surface area (Å²) in [6.45, 7) is 4.00. The third-order valence-corrected chi connectivity index (χ3v) is 3.12. The number of phenols is 1. The standard InChI is InChI=1S/C17H18O3/c1-2-3-4-7-10-20-17(19)15-11-13-8-5-6-9-14(13)12-16(15)18/h2,5-6,8-9,11-12,18H,1,3-4,7,10H2. The molecule has 2 aromatic carbocycles. The van der Waals surface area contributed by atoms with E-state index in [1.54, 1.807) is 12.1 Å². The molecule has 0 fully saturated rings. The number of ether oxygens (including phenoxy) is 1. The van der Waals surface area contributed by atoms with Crippen LogP contribution in [-0.2, 0) is 4.74 Å². The highest BCUT2D eigenvalue weighted by atomic mass is 16.5. The summed E-state index contributed by atoms with van der Waals surface area (Å²) in [7, 11) is 0. The number of esters is 1. The Balaban J connectivity index is 2.05. The molecule has 0 saturated heterocycles. The number of carbonyl (C=O) groups excluding carboxylic acids is 1. The predicted octanol–water partition coefficient (Wildman–Crippen LogP) is 4.06. The highest BCUT2D eigenvalue weighted by Gasteiger charge is 2.13. The first kappa shape index (κ1) is 14.1. The van der Waals surface area contributed by atoms with Crippen molar-refractivity contribution in [3.05, 3.63) is 54.6 Å². The van der Waals surface area contributed by atoms with Gasteiger partial charge in [-0.3, -0.25) is 0 Å². The van der Waals surface area contributed by atoms with Crippen LogP contribution in [0, 0.1) is 0 Å². The van der Waals surface area contributed by atoms with Gasteiger partial charge in [0, 0.05) is 0 Å². The van der Waals surface area contributed by atoms with Crippen LogP contribution in [0.2, 0.25) is 0 Å². The van der Waals surface area contributed by atoms with Crippen molar-refractivity contribution in [2.75, 3.05) is 6.61 Å². The summed E-state index contributed by atoms with van der Waals surface area (Å²) in [5.74, 6) is -0.522. The van der Waals surface area contributed by atoms with Crippen molar-refractivity contribution in [2.24, 2.45) is 0 Å². The number of rotatable bonds is 6. The molecule has 0 heterocycles. The minimum atomic E-state index is -0.480. The van der Waals surface area contributed by atoms with Crippen LogP contribution in [0.1, 0.15) is 29.6 Å². The van der Waals surface area contributed by atoms with Crippen molar-refractivity contribution >= 4 is 16.7 Å². The van der Waals surface area contributed by atoms with Gasteiger partial charge >= 0.3 is 5.97 Å². The van der Waals surface area contributed by atoms with Crippen molar-refractivity contribution < 1.29 is 14.6 Å². The number of aromatic hydroxyl groups is 1. The van der Waals surface area contributed by atoms with Gasteiger partial charge in [0.15, 0.2) is 0 Å². The highest BCUT2D eigenvalue weighted by Crippen LogP contribution is 2.25. The first-order valence-corrected chi connectivity index (χ1v) is 6.72. The van der Waals surface area contributed by atoms with Crippen LogP contribution in [-0.4, -0.2) is 17.7 Å². The molecule has 0 bridgehead atoms. The summed E-state index contributed by atoms with van der Waals surface area (Å²) in [6.07, 6.45) is 4.50. The van der Waals surface area contributed by atoms with Crippen molar-refractivity contribution in [3.8, 4) is 5.75 Å². The van der Waals surface area contributed by atoms with Gasteiger partial charge in [0.2, 0.25) is 0 Å². The zero-order chi connectivity index (χ0) is 14.4. The molecule has 2 aromatic rings. The molecule has 0 aromatic heterocycles. The SMILES string of the molecule is C=CCCCCOC(=O)c1cc2ccccc2cc1O. The second-order valence-electron chi connectivity index (χ2n) is 4.64. The van der Waals surface area contributed by atoms with Gasteiger partial charge in [0.05, 0.1) is 6.61 Å². The van der Waals surface area contributed by atoms with Crippen LogP contribution in [0.25, 0.3) is 10.8 Å². The molecule has 0 spiro atoms. The Hall–Kier alpha value is -2.29. The molecule has 0 atom stereocenters. The molecular weight excluding hydrogens is 252 g/mol. The number of phenolic OH excluding ortho intramolecular Hbond substituents is 1. The van der Waals surface area contributed by atoms with Gasteiger partial charge in [-0.1, -0.05) is 30.3 Å². The normalized spacial score (nSPS) is 10.4. The lowest BCUT2D eigenvalue weighted by Crippen LogP contribution is -2.06. The molecule has 104 valence electrons. The topological polar surface area (TPSA) is 46.5 Å². The van der Waals surface area contributed by atoms with E-state index >= 15 is 0 Å². The molecule has 2 rings (SSSR count). The lowest BCUT2D eigenvalue weighted by molar-refractivity contribution is 0.0495. The third-order valence-electron chi connectivity index (χ3n) is 3.12. The zero-order valence-electron chi connectivity index (χ0n) is 11.3. The molecule has 0 saturated carbocycles. The Morgan fingerprint density at radius 1 is 1.20 bits per heavy atom. The lowest BCUT2D eigenvalue weighted by atomic mass is 10.1. The Bertz CT molecular complexity index is 617. The average Bonchev–Trinajstić information content (AvgIpc) is 2.46. The van der Waals surface area contributed by atoms with Gasteiger partial charge in [-0.25, -0.2) is 4.79 Å². The summed E-state index contributed by atoms with van der Waals surface area (Å²) >= 11 is 0. The Morgan fingerprint density at radius 2 is 1.90 bits per heavy atom. The van der Waals surface area contributed by atoms with Crippen molar-refractivity contribution in [1.82, 2.24) is 0 Å². The van der Waals surface area contributed by atoms with E-state index in [4.69, 9.17) is 4.74 Å². The fraction of sp³-hybridized carbons (Fsp3) is 0.235. The molecule has 0 aliphatic rings. The van der Waals surface area contributed by atoms with E-state index < -0.39 is 5.97 Å². The summed E-state index contributed by atoms with van der Waals surface area (Å²) in [6, 6.07) is 10.8. The molecule has 0 aliphatic carbocycles. The Kier molecular flexibility index (Phi) is 4.77. The largest absolute Gasteiger partial charge is 0.507 e. The van der Waals surface area contributed by atoms with E-state index in [2.05, 4.69) is 6.58 Å². The van der Waals surface area contributed by atoms with Crippen LogP contribution < -0.4 is 0 Å². The molecule has 3 heteroatoms. The van der Waals surface area contributed by atoms with E-state index in [1.165, 1.54) is 0 Å². The van der Waals surface area contributed by atoms with Crippen molar-refractivity contribution in [1.29, 1.82) is 0 Å². The van der Waals surface area contributed by atoms with Crippen molar-refractivity contribution in [2.45, 2.75) is 19.3 Å². The van der Waals surface area contributed by atoms with Gasteiger partial charge in [0.25, 0.3) is 0 Å². The summed E-state index contributed by atoms with van der Waals surface area (Å²) < 4.78 is 5.17. The fourth-order valence-corrected chi connectivity index (χ4v) is 2.03. The fourth-order valence-electron chi connectivity index (χ4n) is 2.03. The Morgan fingerprint density at radius 3 is 2.60 bits per heavy atom.